The molecule has 2 rings (SSSR count). The predicted octanol–water partition coefficient (Wildman–Crippen LogP) is 10.8. The summed E-state index contributed by atoms with van der Waals surface area (Å²) in [6.45, 7) is 5.82. The van der Waals surface area contributed by atoms with Crippen molar-refractivity contribution in [1.82, 2.24) is 0 Å². The highest BCUT2D eigenvalue weighted by Gasteiger charge is 2.13. The fourth-order valence-corrected chi connectivity index (χ4v) is 1.40. The number of nitrogens with zero attached hydrogens (tertiary/aromatic N) is 2. The second-order valence-electron chi connectivity index (χ2n) is 5.10. The van der Waals surface area contributed by atoms with Crippen molar-refractivity contribution >= 4 is 147 Å². The van der Waals surface area contributed by atoms with Gasteiger partial charge < -0.3 is 0 Å². The molecule has 0 heterocycles. The standard InChI is InChI=1S/C7H6FNO2.C6H3F2NO2.C3H8.CHI3.CH2I2.CH3I/c1-5-2-3-6(8)4-7(5)9(10)11;7-4-1-2-5(8)6(3-4)9(10)11;1-3-2;2-1(3)4;2-1-3;1-2/h2-4H,1H3;1-3H;3H2,1-2H3;1H;1H2;1H3. The lowest BCUT2D eigenvalue weighted by atomic mass is 10.2. The van der Waals surface area contributed by atoms with Crippen molar-refractivity contribution in [3.8, 4) is 0 Å². The molecule has 0 unspecified atom stereocenters. The van der Waals surface area contributed by atoms with Gasteiger partial charge in [-0.3, -0.25) is 20.2 Å². The smallest absolute Gasteiger partial charge is 0.258 e. The van der Waals surface area contributed by atoms with Crippen molar-refractivity contribution in [3.05, 3.63) is 79.6 Å². The maximum atomic E-state index is 12.4. The number of alkyl halides is 6. The molecule has 15 heteroatoms. The lowest BCUT2D eigenvalue weighted by Gasteiger charge is -1.94. The van der Waals surface area contributed by atoms with Crippen LogP contribution in [0.25, 0.3) is 0 Å². The summed E-state index contributed by atoms with van der Waals surface area (Å²) in [6, 6.07) is 5.57. The molecule has 0 aliphatic carbocycles. The van der Waals surface area contributed by atoms with Crippen LogP contribution in [0.2, 0.25) is 0 Å². The first-order valence-electron chi connectivity index (χ1n) is 8.70. The second kappa shape index (κ2) is 29.0. The van der Waals surface area contributed by atoms with Crippen LogP contribution in [-0.2, 0) is 0 Å². The van der Waals surface area contributed by atoms with E-state index in [1.165, 1.54) is 21.0 Å². The van der Waals surface area contributed by atoms with E-state index >= 15 is 0 Å². The Bertz CT molecular complexity index is 755. The minimum Gasteiger partial charge on any atom is -0.258 e. The van der Waals surface area contributed by atoms with E-state index in [1.807, 2.05) is 4.93 Å². The lowest BCUT2D eigenvalue weighted by molar-refractivity contribution is -0.387. The van der Waals surface area contributed by atoms with Crippen LogP contribution in [0.5, 0.6) is 0 Å². The first kappa shape index (κ1) is 42.5. The Morgan fingerprint density at radius 1 is 0.824 bits per heavy atom. The number of benzene rings is 2. The summed E-state index contributed by atoms with van der Waals surface area (Å²) in [7, 11) is 0. The predicted molar refractivity (Wildman–Crippen MR) is 185 cm³/mol. The summed E-state index contributed by atoms with van der Waals surface area (Å²) in [4.78, 5) is 20.6. The number of hydrogen-bond donors (Lipinski definition) is 0. The van der Waals surface area contributed by atoms with Crippen molar-refractivity contribution < 1.29 is 23.0 Å². The van der Waals surface area contributed by atoms with E-state index in [9.17, 15) is 33.4 Å². The minimum atomic E-state index is -1.03. The molecule has 0 N–H and O–H groups in total. The van der Waals surface area contributed by atoms with Gasteiger partial charge in [0.25, 0.3) is 5.69 Å². The van der Waals surface area contributed by atoms with Crippen molar-refractivity contribution in [3.63, 3.8) is 0 Å². The van der Waals surface area contributed by atoms with E-state index in [1.54, 1.807) is 6.92 Å². The minimum absolute atomic E-state index is 0.176. The number of halogens is 9. The molecule has 196 valence electrons. The van der Waals surface area contributed by atoms with Crippen molar-refractivity contribution in [2.45, 2.75) is 27.1 Å². The third-order valence-corrected chi connectivity index (χ3v) is 2.47. The second-order valence-corrected chi connectivity index (χ2v) is 20.4. The van der Waals surface area contributed by atoms with Crippen LogP contribution in [0.3, 0.4) is 0 Å². The van der Waals surface area contributed by atoms with Crippen LogP contribution in [0.4, 0.5) is 24.5 Å². The van der Waals surface area contributed by atoms with Crippen LogP contribution >= 0.6 is 136 Å². The molecule has 6 nitrogen and oxygen atoms in total. The summed E-state index contributed by atoms with van der Waals surface area (Å²) >= 11 is 13.6. The van der Waals surface area contributed by atoms with Gasteiger partial charge in [-0.25, -0.2) is 8.78 Å². The summed E-state index contributed by atoms with van der Waals surface area (Å²) in [6.07, 6.45) is 1.25. The zero-order valence-electron chi connectivity index (χ0n) is 18.4. The lowest BCUT2D eigenvalue weighted by Crippen LogP contribution is -1.92. The first-order valence-corrected chi connectivity index (χ1v) is 17.6. The van der Waals surface area contributed by atoms with Gasteiger partial charge >= 0.3 is 5.69 Å². The van der Waals surface area contributed by atoms with Crippen LogP contribution in [-0.4, -0.2) is 17.1 Å². The molecule has 0 saturated carbocycles. The normalized spacial score (nSPS) is 8.53. The summed E-state index contributed by atoms with van der Waals surface area (Å²) in [5.74, 6) is -2.43. The zero-order chi connectivity index (χ0) is 27.9. The van der Waals surface area contributed by atoms with Gasteiger partial charge in [-0.2, -0.15) is 4.39 Å². The Hall–Kier alpha value is 1.41. The average Bonchev–Trinajstić information content (AvgIpc) is 2.74. The molecule has 2 aromatic carbocycles. The molecule has 0 atom stereocenters. The Morgan fingerprint density at radius 3 is 1.38 bits per heavy atom. The maximum Gasteiger partial charge on any atom is 0.307 e. The van der Waals surface area contributed by atoms with Crippen LogP contribution < -0.4 is 0 Å². The van der Waals surface area contributed by atoms with Gasteiger partial charge in [-0.05, 0) is 36.1 Å². The van der Waals surface area contributed by atoms with Crippen LogP contribution in [0, 0.1) is 44.6 Å². The summed E-state index contributed by atoms with van der Waals surface area (Å²) in [5.41, 5.74) is -0.550. The summed E-state index contributed by atoms with van der Waals surface area (Å²) < 4.78 is 39.0. The van der Waals surface area contributed by atoms with E-state index in [0.717, 1.165) is 12.1 Å². The zero-order valence-corrected chi connectivity index (χ0v) is 31.3. The fourth-order valence-electron chi connectivity index (χ4n) is 1.40. The summed E-state index contributed by atoms with van der Waals surface area (Å²) in [5, 5.41) is 20.2. The molecule has 0 bridgehead atoms. The SMILES string of the molecule is CCC.CI.Cc1ccc(F)cc1[N+](=O)[O-].IC(I)I.ICI.O=[N+]([O-])c1cc(F)ccc1F. The monoisotopic (exact) mass is 1160 g/mol. The molecule has 0 fully saturated rings. The van der Waals surface area contributed by atoms with E-state index in [4.69, 9.17) is 0 Å². The van der Waals surface area contributed by atoms with Crippen molar-refractivity contribution in [1.29, 1.82) is 0 Å². The molecule has 0 aromatic heterocycles. The Kier molecular flexibility index (Phi) is 36.2. The van der Waals surface area contributed by atoms with E-state index < -0.39 is 33.0 Å². The molecule has 0 aliphatic heterocycles. The van der Waals surface area contributed by atoms with E-state index in [2.05, 4.69) is 149 Å². The number of aryl methyl sites for hydroxylation is 1. The fraction of sp³-hybridized carbons (Fsp3) is 0.368. The molecule has 34 heavy (non-hydrogen) atoms. The molecule has 0 amide bonds. The Labute approximate surface area is 279 Å². The van der Waals surface area contributed by atoms with Crippen molar-refractivity contribution in [2.75, 3.05) is 7.36 Å². The number of hydrogen-bond acceptors (Lipinski definition) is 4. The first-order chi connectivity index (χ1) is 15.8. The topological polar surface area (TPSA) is 86.3 Å². The molecule has 0 spiro atoms. The van der Waals surface area contributed by atoms with Gasteiger partial charge in [0.2, 0.25) is 5.82 Å². The molecule has 0 radical (unpaired) electrons. The van der Waals surface area contributed by atoms with E-state index in [0.29, 0.717) is 17.7 Å². The molecule has 0 aliphatic rings. The molecular weight excluding hydrogens is 1140 g/mol. The highest BCUT2D eigenvalue weighted by atomic mass is 127. The average molecular weight is 1160 g/mol. The van der Waals surface area contributed by atoms with Gasteiger partial charge in [0.05, 0.1) is 24.4 Å². The van der Waals surface area contributed by atoms with Gasteiger partial charge in [0.15, 0.2) is 0 Å². The highest BCUT2D eigenvalue weighted by molar-refractivity contribution is 14.3. The number of nitro groups is 2. The third kappa shape index (κ3) is 28.0. The molecule has 2 aromatic rings. The molecular formula is C19H23F3I6N2O4. The van der Waals surface area contributed by atoms with Gasteiger partial charge in [-0.15, -0.1) is 0 Å². The Balaban J connectivity index is -0.000000183. The maximum absolute atomic E-state index is 12.4. The number of rotatable bonds is 2. The van der Waals surface area contributed by atoms with Gasteiger partial charge in [-0.1, -0.05) is 156 Å². The van der Waals surface area contributed by atoms with Crippen LogP contribution in [0.1, 0.15) is 25.8 Å². The van der Waals surface area contributed by atoms with Gasteiger partial charge in [0, 0.05) is 5.56 Å². The van der Waals surface area contributed by atoms with E-state index in [-0.39, 0.29) is 5.69 Å². The quantitative estimate of drug-likeness (QED) is 0.130. The molecule has 0 saturated heterocycles. The van der Waals surface area contributed by atoms with Crippen LogP contribution in [0.15, 0.2) is 36.4 Å². The van der Waals surface area contributed by atoms with Gasteiger partial charge in [0.1, 0.15) is 11.6 Å². The highest BCUT2D eigenvalue weighted by Crippen LogP contribution is 2.18. The third-order valence-electron chi connectivity index (χ3n) is 2.47. The largest absolute Gasteiger partial charge is 0.307 e. The number of nitro benzene ring substituents is 2. The van der Waals surface area contributed by atoms with Crippen molar-refractivity contribution in [2.24, 2.45) is 0 Å². The Morgan fingerprint density at radius 2 is 1.12 bits per heavy atom.